The summed E-state index contributed by atoms with van der Waals surface area (Å²) in [6.45, 7) is 7.16. The average molecular weight is 615 g/mol. The van der Waals surface area contributed by atoms with Crippen molar-refractivity contribution in [2.24, 2.45) is 0 Å². The van der Waals surface area contributed by atoms with Crippen LogP contribution in [0.4, 0.5) is 0 Å². The second-order valence-corrected chi connectivity index (χ2v) is 12.8. The first-order valence-corrected chi connectivity index (χ1v) is 17.1. The number of aryl methyl sites for hydroxylation is 4. The van der Waals surface area contributed by atoms with Crippen LogP contribution in [0.1, 0.15) is 65.0 Å². The molecule has 0 amide bonds. The van der Waals surface area contributed by atoms with E-state index in [-0.39, 0.29) is 0 Å². The highest BCUT2D eigenvalue weighted by Gasteiger charge is 2.23. The number of epoxide rings is 3. The van der Waals surface area contributed by atoms with Gasteiger partial charge in [0.15, 0.2) is 0 Å². The van der Waals surface area contributed by atoms with Gasteiger partial charge in [0.1, 0.15) is 18.3 Å². The van der Waals surface area contributed by atoms with E-state index in [0.717, 1.165) is 111 Å². The summed E-state index contributed by atoms with van der Waals surface area (Å²) >= 11 is 0. The Kier molecular flexibility index (Phi) is 12.5. The van der Waals surface area contributed by atoms with Crippen molar-refractivity contribution in [1.82, 2.24) is 0 Å². The van der Waals surface area contributed by atoms with E-state index in [1.54, 1.807) is 0 Å². The first-order chi connectivity index (χ1) is 22.3. The van der Waals surface area contributed by atoms with Crippen molar-refractivity contribution in [2.45, 2.75) is 75.6 Å². The third-order valence-corrected chi connectivity index (χ3v) is 8.89. The predicted molar refractivity (Wildman–Crippen MR) is 176 cm³/mol. The normalized spacial score (nSPS) is 20.7. The van der Waals surface area contributed by atoms with Crippen LogP contribution in [-0.2, 0) is 54.1 Å². The van der Waals surface area contributed by atoms with Crippen LogP contribution in [0.15, 0.2) is 72.8 Å². The molecule has 6 rings (SSSR count). The zero-order chi connectivity index (χ0) is 30.5. The zero-order valence-electron chi connectivity index (χ0n) is 26.7. The number of hydrogen-bond acceptors (Lipinski definition) is 6. The van der Waals surface area contributed by atoms with Crippen LogP contribution < -0.4 is 0 Å². The molecule has 0 saturated carbocycles. The van der Waals surface area contributed by atoms with Crippen molar-refractivity contribution in [2.75, 3.05) is 59.5 Å². The number of hydrogen-bond donors (Lipinski definition) is 0. The van der Waals surface area contributed by atoms with E-state index in [1.165, 1.54) is 33.4 Å². The molecule has 3 heterocycles. The summed E-state index contributed by atoms with van der Waals surface area (Å²) in [6.07, 6.45) is 9.39. The lowest BCUT2D eigenvalue weighted by Crippen LogP contribution is -2.05. The molecule has 6 heteroatoms. The Balaban J connectivity index is 1.01. The number of ether oxygens (including phenoxy) is 6. The quantitative estimate of drug-likeness (QED) is 0.0898. The van der Waals surface area contributed by atoms with E-state index in [2.05, 4.69) is 72.8 Å². The third-order valence-electron chi connectivity index (χ3n) is 8.89. The molecule has 0 N–H and O–H groups in total. The molecule has 0 aromatic heterocycles. The van der Waals surface area contributed by atoms with Crippen LogP contribution in [0, 0.1) is 0 Å². The SMILES string of the molecule is c1cc(CCC(c2ccc(CCCOCC3CO3)cc2)c2ccc(CCCOCC3CO3)cc2)ccc1CCCOCC1CO1. The van der Waals surface area contributed by atoms with E-state index < -0.39 is 0 Å². The average Bonchev–Trinajstić information content (AvgIpc) is 3.91. The van der Waals surface area contributed by atoms with Gasteiger partial charge in [-0.15, -0.1) is 0 Å². The fourth-order valence-electron chi connectivity index (χ4n) is 5.81. The molecule has 242 valence electrons. The highest BCUT2D eigenvalue weighted by Crippen LogP contribution is 2.31. The fourth-order valence-corrected chi connectivity index (χ4v) is 5.81. The zero-order valence-corrected chi connectivity index (χ0v) is 26.7. The number of benzene rings is 3. The summed E-state index contributed by atoms with van der Waals surface area (Å²) < 4.78 is 32.8. The molecular formula is C39H50O6. The second kappa shape index (κ2) is 17.4. The molecule has 3 unspecified atom stereocenters. The highest BCUT2D eigenvalue weighted by molar-refractivity contribution is 5.36. The van der Waals surface area contributed by atoms with Crippen molar-refractivity contribution < 1.29 is 28.4 Å². The smallest absolute Gasteiger partial charge is 0.104 e. The minimum Gasteiger partial charge on any atom is -0.379 e. The first-order valence-electron chi connectivity index (χ1n) is 17.1. The van der Waals surface area contributed by atoms with Gasteiger partial charge in [0.05, 0.1) is 39.6 Å². The van der Waals surface area contributed by atoms with Gasteiger partial charge in [0, 0.05) is 25.7 Å². The molecule has 3 saturated heterocycles. The Hall–Kier alpha value is -2.58. The summed E-state index contributed by atoms with van der Waals surface area (Å²) in [6, 6.07) is 27.8. The molecule has 3 aliphatic rings. The molecule has 6 nitrogen and oxygen atoms in total. The van der Waals surface area contributed by atoms with E-state index in [9.17, 15) is 0 Å². The van der Waals surface area contributed by atoms with Crippen molar-refractivity contribution >= 4 is 0 Å². The lowest BCUT2D eigenvalue weighted by atomic mass is 9.85. The molecule has 45 heavy (non-hydrogen) atoms. The van der Waals surface area contributed by atoms with Gasteiger partial charge in [-0.05, 0) is 84.7 Å². The minimum absolute atomic E-state index is 0.340. The van der Waals surface area contributed by atoms with Crippen LogP contribution in [0.5, 0.6) is 0 Å². The molecule has 0 aliphatic carbocycles. The summed E-state index contributed by atoms with van der Waals surface area (Å²) in [5.74, 6) is 0.351. The molecule has 0 bridgehead atoms. The van der Waals surface area contributed by atoms with E-state index in [0.29, 0.717) is 24.2 Å². The molecular weight excluding hydrogens is 564 g/mol. The summed E-state index contributed by atoms with van der Waals surface area (Å²) in [5, 5.41) is 0. The van der Waals surface area contributed by atoms with Gasteiger partial charge in [-0.3, -0.25) is 0 Å². The largest absolute Gasteiger partial charge is 0.379 e. The molecule has 0 spiro atoms. The van der Waals surface area contributed by atoms with Gasteiger partial charge < -0.3 is 28.4 Å². The summed E-state index contributed by atoms with van der Waals surface area (Å²) in [4.78, 5) is 0. The maximum atomic E-state index is 5.73. The van der Waals surface area contributed by atoms with Gasteiger partial charge in [0.2, 0.25) is 0 Å². The molecule has 0 radical (unpaired) electrons. The Labute approximate surface area is 269 Å². The second-order valence-electron chi connectivity index (χ2n) is 12.8. The van der Waals surface area contributed by atoms with Gasteiger partial charge in [-0.1, -0.05) is 72.8 Å². The topological polar surface area (TPSA) is 65.3 Å². The molecule has 3 aromatic carbocycles. The Morgan fingerprint density at radius 3 is 1.11 bits per heavy atom. The fraction of sp³-hybridized carbons (Fsp3) is 0.538. The van der Waals surface area contributed by atoms with Gasteiger partial charge in [-0.2, -0.15) is 0 Å². The maximum Gasteiger partial charge on any atom is 0.104 e. The lowest BCUT2D eigenvalue weighted by Gasteiger charge is -2.19. The van der Waals surface area contributed by atoms with Crippen LogP contribution in [-0.4, -0.2) is 77.8 Å². The minimum atomic E-state index is 0.340. The number of rotatable bonds is 23. The summed E-state index contributed by atoms with van der Waals surface area (Å²) in [7, 11) is 0. The van der Waals surface area contributed by atoms with E-state index >= 15 is 0 Å². The molecule has 3 aromatic rings. The van der Waals surface area contributed by atoms with Crippen LogP contribution >= 0.6 is 0 Å². The highest BCUT2D eigenvalue weighted by atomic mass is 16.6. The predicted octanol–water partition coefficient (Wildman–Crippen LogP) is 6.50. The van der Waals surface area contributed by atoms with E-state index in [4.69, 9.17) is 28.4 Å². The third kappa shape index (κ3) is 11.9. The molecule has 3 atom stereocenters. The van der Waals surface area contributed by atoms with Crippen LogP contribution in [0.25, 0.3) is 0 Å². The van der Waals surface area contributed by atoms with Crippen molar-refractivity contribution in [3.05, 3.63) is 106 Å². The van der Waals surface area contributed by atoms with Crippen LogP contribution in [0.3, 0.4) is 0 Å². The van der Waals surface area contributed by atoms with Gasteiger partial charge >= 0.3 is 0 Å². The maximum absolute atomic E-state index is 5.73. The summed E-state index contributed by atoms with van der Waals surface area (Å²) in [5.41, 5.74) is 8.29. The van der Waals surface area contributed by atoms with Gasteiger partial charge in [0.25, 0.3) is 0 Å². The molecule has 3 aliphatic heterocycles. The molecule has 3 fully saturated rings. The van der Waals surface area contributed by atoms with Crippen LogP contribution in [0.2, 0.25) is 0 Å². The Morgan fingerprint density at radius 2 is 0.778 bits per heavy atom. The Morgan fingerprint density at radius 1 is 0.467 bits per heavy atom. The monoisotopic (exact) mass is 614 g/mol. The Bertz CT molecular complexity index is 1180. The first kappa shape index (κ1) is 32.4. The standard InChI is InChI=1S/C39H50O6/c1(21-40-24-36-27-43-36)4-30-7-9-33(10-8-30)15-20-39(34-16-11-31(12-17-34)5-2-22-41-25-37-28-44-37)35-18-13-32(14-19-35)6-3-23-42-26-38-29-45-38/h7-14,16-19,36-39H,1-6,15,20-29H2. The van der Waals surface area contributed by atoms with Crippen molar-refractivity contribution in [3.63, 3.8) is 0 Å². The van der Waals surface area contributed by atoms with Crippen molar-refractivity contribution in [1.29, 1.82) is 0 Å². The van der Waals surface area contributed by atoms with Crippen molar-refractivity contribution in [3.8, 4) is 0 Å². The lowest BCUT2D eigenvalue weighted by molar-refractivity contribution is 0.114. The van der Waals surface area contributed by atoms with E-state index in [1.807, 2.05) is 0 Å². The van der Waals surface area contributed by atoms with Gasteiger partial charge in [-0.25, -0.2) is 0 Å².